The summed E-state index contributed by atoms with van der Waals surface area (Å²) in [5.41, 5.74) is 2.11. The second-order valence-electron chi connectivity index (χ2n) is 4.38. The zero-order valence-electron chi connectivity index (χ0n) is 10.6. The predicted octanol–water partition coefficient (Wildman–Crippen LogP) is 3.89. The number of rotatable bonds is 2. The molecule has 0 unspecified atom stereocenters. The molecule has 0 spiro atoms. The first-order valence-corrected chi connectivity index (χ1v) is 6.47. The molecule has 0 aliphatic carbocycles. The highest BCUT2D eigenvalue weighted by atomic mass is 16.5. The van der Waals surface area contributed by atoms with Gasteiger partial charge in [0, 0.05) is 17.7 Å². The van der Waals surface area contributed by atoms with Crippen LogP contribution in [0.4, 0.5) is 0 Å². The summed E-state index contributed by atoms with van der Waals surface area (Å²) in [5, 5.41) is 0. The molecular weight excluding hydrogens is 234 g/mol. The van der Waals surface area contributed by atoms with Crippen LogP contribution in [0.15, 0.2) is 71.7 Å². The number of benzene rings is 2. The van der Waals surface area contributed by atoms with E-state index >= 15 is 0 Å². The van der Waals surface area contributed by atoms with E-state index in [1.54, 1.807) is 0 Å². The molecule has 3 rings (SSSR count). The molecule has 94 valence electrons. The number of aliphatic imine (C=N–C) groups is 1. The molecule has 0 bridgehead atoms. The first-order chi connectivity index (χ1) is 9.43. The summed E-state index contributed by atoms with van der Waals surface area (Å²) in [5.74, 6) is 1.59. The van der Waals surface area contributed by atoms with Gasteiger partial charge < -0.3 is 4.74 Å². The summed E-state index contributed by atoms with van der Waals surface area (Å²) in [6.45, 7) is 0.764. The minimum atomic E-state index is 0.702. The van der Waals surface area contributed by atoms with E-state index in [1.807, 2.05) is 48.5 Å². The lowest BCUT2D eigenvalue weighted by molar-refractivity contribution is 0.509. The van der Waals surface area contributed by atoms with E-state index in [0.717, 1.165) is 29.9 Å². The van der Waals surface area contributed by atoms with Crippen molar-refractivity contribution in [3.8, 4) is 0 Å². The largest absolute Gasteiger partial charge is 0.438 e. The van der Waals surface area contributed by atoms with Gasteiger partial charge in [-0.2, -0.15) is 0 Å². The molecule has 0 aromatic heterocycles. The zero-order valence-corrected chi connectivity index (χ0v) is 10.6. The summed E-state index contributed by atoms with van der Waals surface area (Å²) in [7, 11) is 0. The molecule has 2 nitrogen and oxygen atoms in total. The summed E-state index contributed by atoms with van der Waals surface area (Å²) in [4.78, 5) is 4.51. The lowest BCUT2D eigenvalue weighted by Crippen LogP contribution is -2.05. The lowest BCUT2D eigenvalue weighted by atomic mass is 10.1. The molecular formula is C17H15NO. The fraction of sp³-hybridized carbons (Fsp3) is 0.118. The van der Waals surface area contributed by atoms with E-state index < -0.39 is 0 Å². The maximum Gasteiger partial charge on any atom is 0.222 e. The van der Waals surface area contributed by atoms with Gasteiger partial charge in [-0.25, -0.2) is 0 Å². The van der Waals surface area contributed by atoms with Crippen molar-refractivity contribution in [2.45, 2.75) is 6.42 Å². The first-order valence-electron chi connectivity index (χ1n) is 6.47. The van der Waals surface area contributed by atoms with Gasteiger partial charge in [0.1, 0.15) is 5.76 Å². The quantitative estimate of drug-likeness (QED) is 0.791. The van der Waals surface area contributed by atoms with Gasteiger partial charge in [0.2, 0.25) is 5.90 Å². The maximum absolute atomic E-state index is 5.99. The maximum atomic E-state index is 5.99. The highest BCUT2D eigenvalue weighted by molar-refractivity contribution is 5.97. The Balaban J connectivity index is 1.90. The second-order valence-corrected chi connectivity index (χ2v) is 4.38. The van der Waals surface area contributed by atoms with Gasteiger partial charge in [0.25, 0.3) is 0 Å². The first kappa shape index (κ1) is 11.7. The van der Waals surface area contributed by atoms with Crippen molar-refractivity contribution < 1.29 is 4.74 Å². The third kappa shape index (κ3) is 2.74. The molecule has 0 amide bonds. The van der Waals surface area contributed by atoms with Crippen molar-refractivity contribution >= 4 is 11.7 Å². The van der Waals surface area contributed by atoms with E-state index in [9.17, 15) is 0 Å². The highest BCUT2D eigenvalue weighted by Gasteiger charge is 2.12. The summed E-state index contributed by atoms with van der Waals surface area (Å²) >= 11 is 0. The Bertz CT molecular complexity index is 544. The lowest BCUT2D eigenvalue weighted by Gasteiger charge is -2.10. The molecule has 19 heavy (non-hydrogen) atoms. The highest BCUT2D eigenvalue weighted by Crippen LogP contribution is 2.21. The van der Waals surface area contributed by atoms with Crippen LogP contribution in [0.1, 0.15) is 17.5 Å². The Labute approximate surface area is 113 Å². The third-order valence-electron chi connectivity index (χ3n) is 3.00. The number of hydrogen-bond donors (Lipinski definition) is 0. The summed E-state index contributed by atoms with van der Waals surface area (Å²) in [6, 6.07) is 20.2. The van der Waals surface area contributed by atoms with Crippen LogP contribution in [0.25, 0.3) is 5.76 Å². The van der Waals surface area contributed by atoms with Crippen molar-refractivity contribution in [3.05, 3.63) is 77.9 Å². The topological polar surface area (TPSA) is 21.6 Å². The van der Waals surface area contributed by atoms with Crippen molar-refractivity contribution in [2.24, 2.45) is 4.99 Å². The van der Waals surface area contributed by atoms with Crippen molar-refractivity contribution in [1.82, 2.24) is 0 Å². The second kappa shape index (κ2) is 5.53. The Hall–Kier alpha value is -2.35. The molecule has 1 heterocycles. The van der Waals surface area contributed by atoms with Crippen LogP contribution < -0.4 is 0 Å². The van der Waals surface area contributed by atoms with Gasteiger partial charge in [0.15, 0.2) is 0 Å². The van der Waals surface area contributed by atoms with E-state index in [2.05, 4.69) is 23.2 Å². The molecule has 0 fully saturated rings. The summed E-state index contributed by atoms with van der Waals surface area (Å²) < 4.78 is 5.99. The minimum absolute atomic E-state index is 0.702. The molecule has 0 saturated heterocycles. The monoisotopic (exact) mass is 249 g/mol. The SMILES string of the molecule is C1=C(c2ccccc2)OC(c2ccccc2)=NCC1. The van der Waals surface area contributed by atoms with Gasteiger partial charge in [-0.1, -0.05) is 48.5 Å². The molecule has 0 atom stereocenters. The molecule has 0 N–H and O–H groups in total. The molecule has 2 aromatic carbocycles. The Morgan fingerprint density at radius 2 is 1.42 bits per heavy atom. The zero-order chi connectivity index (χ0) is 12.9. The van der Waals surface area contributed by atoms with Crippen LogP contribution in [-0.2, 0) is 4.74 Å². The summed E-state index contributed by atoms with van der Waals surface area (Å²) in [6.07, 6.45) is 3.01. The van der Waals surface area contributed by atoms with Crippen LogP contribution in [0.5, 0.6) is 0 Å². The molecule has 0 radical (unpaired) electrons. The number of hydrogen-bond acceptors (Lipinski definition) is 2. The molecule has 2 aromatic rings. The van der Waals surface area contributed by atoms with Crippen LogP contribution >= 0.6 is 0 Å². The molecule has 1 aliphatic heterocycles. The van der Waals surface area contributed by atoms with Crippen LogP contribution in [0.2, 0.25) is 0 Å². The normalized spacial score (nSPS) is 14.9. The van der Waals surface area contributed by atoms with E-state index in [-0.39, 0.29) is 0 Å². The van der Waals surface area contributed by atoms with E-state index in [0.29, 0.717) is 5.90 Å². The standard InChI is InChI=1S/C17H15NO/c1-3-8-14(9-4-1)16-12-7-13-18-17(19-16)15-10-5-2-6-11-15/h1-6,8-12H,7,13H2. The van der Waals surface area contributed by atoms with E-state index in [4.69, 9.17) is 4.74 Å². The average Bonchev–Trinajstić information content (AvgIpc) is 2.75. The van der Waals surface area contributed by atoms with E-state index in [1.165, 1.54) is 0 Å². The Morgan fingerprint density at radius 3 is 2.11 bits per heavy atom. The van der Waals surface area contributed by atoms with Gasteiger partial charge in [-0.05, 0) is 24.6 Å². The number of ether oxygens (including phenoxy) is 1. The van der Waals surface area contributed by atoms with Crippen LogP contribution in [0, 0.1) is 0 Å². The molecule has 1 aliphatic rings. The third-order valence-corrected chi connectivity index (χ3v) is 3.00. The van der Waals surface area contributed by atoms with Gasteiger partial charge in [-0.3, -0.25) is 4.99 Å². The fourth-order valence-electron chi connectivity index (χ4n) is 2.05. The van der Waals surface area contributed by atoms with Crippen LogP contribution in [-0.4, -0.2) is 12.4 Å². The average molecular weight is 249 g/mol. The van der Waals surface area contributed by atoms with Crippen LogP contribution in [0.3, 0.4) is 0 Å². The Kier molecular flexibility index (Phi) is 3.41. The van der Waals surface area contributed by atoms with Gasteiger partial charge in [0.05, 0.1) is 0 Å². The van der Waals surface area contributed by atoms with Crippen molar-refractivity contribution in [1.29, 1.82) is 0 Å². The van der Waals surface area contributed by atoms with Gasteiger partial charge >= 0.3 is 0 Å². The smallest absolute Gasteiger partial charge is 0.222 e. The number of nitrogens with zero attached hydrogens (tertiary/aromatic N) is 1. The predicted molar refractivity (Wildman–Crippen MR) is 78.0 cm³/mol. The Morgan fingerprint density at radius 1 is 0.789 bits per heavy atom. The van der Waals surface area contributed by atoms with Crippen molar-refractivity contribution in [2.75, 3.05) is 6.54 Å². The van der Waals surface area contributed by atoms with Gasteiger partial charge in [-0.15, -0.1) is 0 Å². The minimum Gasteiger partial charge on any atom is -0.438 e. The molecule has 2 heteroatoms. The molecule has 0 saturated carbocycles. The fourth-order valence-corrected chi connectivity index (χ4v) is 2.05. The van der Waals surface area contributed by atoms with Crippen molar-refractivity contribution in [3.63, 3.8) is 0 Å².